The fraction of sp³-hybridized carbons (Fsp3) is 0.407. The van der Waals surface area contributed by atoms with Crippen molar-refractivity contribution < 1.29 is 0 Å². The number of H-pyrrole nitrogens is 1. The van der Waals surface area contributed by atoms with Gasteiger partial charge in [0.15, 0.2) is 5.82 Å². The molecule has 0 bridgehead atoms. The van der Waals surface area contributed by atoms with Crippen LogP contribution >= 0.6 is 0 Å². The van der Waals surface area contributed by atoms with Crippen LogP contribution in [-0.4, -0.2) is 43.2 Å². The standard InChI is InChI=1S/C27H32N6O/c1-18-11-14-32(15-12-18)25(23-17-22-10-9-19(2)20(3)24(22)28-27(23)34)26-29-30-31-33(26)16-13-21-7-5-4-6-8-21/h4-10,17-18,25H,11-16H2,1-3H3,(H,28,34)/t25-/m0/s1. The number of likely N-dealkylation sites (tertiary alicyclic amines) is 1. The molecule has 1 saturated heterocycles. The predicted octanol–water partition coefficient (Wildman–Crippen LogP) is 4.20. The number of aromatic nitrogens is 5. The first-order valence-corrected chi connectivity index (χ1v) is 12.2. The average Bonchev–Trinajstić information content (AvgIpc) is 3.31. The van der Waals surface area contributed by atoms with Crippen LogP contribution in [0.25, 0.3) is 10.9 Å². The number of fused-ring (bicyclic) bond motifs is 1. The molecule has 1 N–H and O–H groups in total. The highest BCUT2D eigenvalue weighted by atomic mass is 16.1. The zero-order valence-electron chi connectivity index (χ0n) is 20.2. The molecule has 1 fully saturated rings. The number of benzene rings is 2. The Morgan fingerprint density at radius 2 is 1.85 bits per heavy atom. The lowest BCUT2D eigenvalue weighted by molar-refractivity contribution is 0.149. The van der Waals surface area contributed by atoms with E-state index in [9.17, 15) is 4.79 Å². The molecule has 0 aliphatic carbocycles. The van der Waals surface area contributed by atoms with E-state index in [0.29, 0.717) is 18.0 Å². The minimum absolute atomic E-state index is 0.0672. The van der Waals surface area contributed by atoms with Crippen molar-refractivity contribution in [2.75, 3.05) is 13.1 Å². The van der Waals surface area contributed by atoms with E-state index in [-0.39, 0.29) is 11.6 Å². The second-order valence-corrected chi connectivity index (χ2v) is 9.64. The zero-order chi connectivity index (χ0) is 23.7. The highest BCUT2D eigenvalue weighted by molar-refractivity contribution is 5.83. The van der Waals surface area contributed by atoms with Crippen LogP contribution in [0.2, 0.25) is 0 Å². The summed E-state index contributed by atoms with van der Waals surface area (Å²) in [7, 11) is 0. The molecule has 2 aromatic heterocycles. The number of hydrogen-bond donors (Lipinski definition) is 1. The maximum absolute atomic E-state index is 13.5. The number of pyridine rings is 1. The summed E-state index contributed by atoms with van der Waals surface area (Å²) in [5.41, 5.74) is 5.06. The SMILES string of the molecule is Cc1ccc2cc([C@@H](c3nnnn3CCc3ccccc3)N3CCC(C)CC3)c(=O)[nH]c2c1C. The molecule has 1 aliphatic heterocycles. The van der Waals surface area contributed by atoms with Crippen LogP contribution in [0.1, 0.15) is 53.9 Å². The van der Waals surface area contributed by atoms with E-state index < -0.39 is 0 Å². The van der Waals surface area contributed by atoms with Crippen molar-refractivity contribution in [3.63, 3.8) is 0 Å². The van der Waals surface area contributed by atoms with Crippen molar-refractivity contribution in [1.29, 1.82) is 0 Å². The molecule has 7 nitrogen and oxygen atoms in total. The third-order valence-corrected chi connectivity index (χ3v) is 7.32. The molecule has 1 aliphatic rings. The summed E-state index contributed by atoms with van der Waals surface area (Å²) in [6.07, 6.45) is 3.03. The van der Waals surface area contributed by atoms with E-state index in [2.05, 4.69) is 70.4 Å². The van der Waals surface area contributed by atoms with Gasteiger partial charge in [0.05, 0.1) is 5.52 Å². The van der Waals surface area contributed by atoms with Crippen molar-refractivity contribution in [3.8, 4) is 0 Å². The predicted molar refractivity (Wildman–Crippen MR) is 134 cm³/mol. The smallest absolute Gasteiger partial charge is 0.253 e. The van der Waals surface area contributed by atoms with Crippen LogP contribution in [-0.2, 0) is 13.0 Å². The van der Waals surface area contributed by atoms with E-state index in [1.807, 2.05) is 28.9 Å². The van der Waals surface area contributed by atoms with Gasteiger partial charge in [-0.2, -0.15) is 0 Å². The average molecular weight is 457 g/mol. The lowest BCUT2D eigenvalue weighted by Gasteiger charge is -2.36. The van der Waals surface area contributed by atoms with Gasteiger partial charge < -0.3 is 4.98 Å². The number of aromatic amines is 1. The molecule has 2 aromatic carbocycles. The molecule has 176 valence electrons. The lowest BCUT2D eigenvalue weighted by Crippen LogP contribution is -2.40. The number of nitrogens with one attached hydrogen (secondary N) is 1. The fourth-order valence-electron chi connectivity index (χ4n) is 4.98. The molecule has 4 aromatic rings. The molecule has 0 spiro atoms. The summed E-state index contributed by atoms with van der Waals surface area (Å²) >= 11 is 0. The third-order valence-electron chi connectivity index (χ3n) is 7.32. The van der Waals surface area contributed by atoms with E-state index in [1.54, 1.807) is 0 Å². The van der Waals surface area contributed by atoms with E-state index in [4.69, 9.17) is 0 Å². The fourth-order valence-corrected chi connectivity index (χ4v) is 4.98. The largest absolute Gasteiger partial charge is 0.321 e. The Labute approximate surface area is 199 Å². The summed E-state index contributed by atoms with van der Waals surface area (Å²) in [5.74, 6) is 1.42. The topological polar surface area (TPSA) is 79.7 Å². The van der Waals surface area contributed by atoms with Crippen molar-refractivity contribution in [2.45, 2.75) is 52.6 Å². The highest BCUT2D eigenvalue weighted by Crippen LogP contribution is 2.31. The van der Waals surface area contributed by atoms with Crippen LogP contribution in [0.5, 0.6) is 0 Å². The Hall–Kier alpha value is -3.32. The number of hydrogen-bond acceptors (Lipinski definition) is 5. The Morgan fingerprint density at radius 1 is 1.09 bits per heavy atom. The number of aryl methyl sites for hydroxylation is 4. The quantitative estimate of drug-likeness (QED) is 0.470. The number of rotatable bonds is 6. The molecule has 3 heterocycles. The Kier molecular flexibility index (Phi) is 6.28. The van der Waals surface area contributed by atoms with E-state index in [1.165, 1.54) is 11.1 Å². The van der Waals surface area contributed by atoms with E-state index >= 15 is 0 Å². The first-order valence-electron chi connectivity index (χ1n) is 12.2. The molecule has 0 amide bonds. The van der Waals surface area contributed by atoms with Gasteiger partial charge in [0, 0.05) is 12.1 Å². The second-order valence-electron chi connectivity index (χ2n) is 9.64. The molecule has 5 rings (SSSR count). The molecule has 7 heteroatoms. The van der Waals surface area contributed by atoms with Gasteiger partial charge in [0.25, 0.3) is 5.56 Å². The lowest BCUT2D eigenvalue weighted by atomic mass is 9.95. The Balaban J connectivity index is 1.57. The normalized spacial score (nSPS) is 16.2. The van der Waals surface area contributed by atoms with Crippen molar-refractivity contribution >= 4 is 10.9 Å². The van der Waals surface area contributed by atoms with Crippen LogP contribution in [0.3, 0.4) is 0 Å². The molecule has 0 radical (unpaired) electrons. The molecular formula is C27H32N6O. The maximum atomic E-state index is 13.5. The van der Waals surface area contributed by atoms with Gasteiger partial charge in [-0.15, -0.1) is 5.10 Å². The monoisotopic (exact) mass is 456 g/mol. The van der Waals surface area contributed by atoms with Crippen LogP contribution < -0.4 is 5.56 Å². The van der Waals surface area contributed by atoms with Crippen molar-refractivity contribution in [2.24, 2.45) is 5.92 Å². The summed E-state index contributed by atoms with van der Waals surface area (Å²) in [5, 5.41) is 13.9. The van der Waals surface area contributed by atoms with Gasteiger partial charge in [-0.25, -0.2) is 4.68 Å². The minimum atomic E-state index is -0.284. The number of nitrogens with zero attached hydrogens (tertiary/aromatic N) is 5. The van der Waals surface area contributed by atoms with Gasteiger partial charge in [-0.3, -0.25) is 9.69 Å². The molecule has 34 heavy (non-hydrogen) atoms. The van der Waals surface area contributed by atoms with Gasteiger partial charge in [0.1, 0.15) is 6.04 Å². The zero-order valence-corrected chi connectivity index (χ0v) is 20.2. The van der Waals surface area contributed by atoms with Gasteiger partial charge in [-0.05, 0) is 90.7 Å². The van der Waals surface area contributed by atoms with Crippen molar-refractivity contribution in [3.05, 3.63) is 87.0 Å². The van der Waals surface area contributed by atoms with Crippen LogP contribution in [0.15, 0.2) is 53.3 Å². The summed E-state index contributed by atoms with van der Waals surface area (Å²) in [6.45, 7) is 8.92. The first kappa shape index (κ1) is 22.5. The molecule has 1 atom stereocenters. The maximum Gasteiger partial charge on any atom is 0.253 e. The first-order chi connectivity index (χ1) is 16.5. The summed E-state index contributed by atoms with van der Waals surface area (Å²) < 4.78 is 1.87. The Morgan fingerprint density at radius 3 is 2.62 bits per heavy atom. The number of tetrazole rings is 1. The molecular weight excluding hydrogens is 424 g/mol. The van der Waals surface area contributed by atoms with E-state index in [0.717, 1.165) is 54.6 Å². The van der Waals surface area contributed by atoms with Crippen molar-refractivity contribution in [1.82, 2.24) is 30.1 Å². The Bertz CT molecular complexity index is 1330. The third kappa shape index (κ3) is 4.40. The van der Waals surface area contributed by atoms with Crippen LogP contribution in [0, 0.1) is 19.8 Å². The summed E-state index contributed by atoms with van der Waals surface area (Å²) in [4.78, 5) is 19.0. The van der Waals surface area contributed by atoms with Gasteiger partial charge >= 0.3 is 0 Å². The van der Waals surface area contributed by atoms with Gasteiger partial charge in [-0.1, -0.05) is 49.4 Å². The molecule has 0 unspecified atom stereocenters. The minimum Gasteiger partial charge on any atom is -0.321 e. The summed E-state index contributed by atoms with van der Waals surface area (Å²) in [6, 6.07) is 16.3. The molecule has 0 saturated carbocycles. The van der Waals surface area contributed by atoms with Crippen LogP contribution in [0.4, 0.5) is 0 Å². The van der Waals surface area contributed by atoms with Gasteiger partial charge in [0.2, 0.25) is 0 Å². The second kappa shape index (κ2) is 9.50. The highest BCUT2D eigenvalue weighted by Gasteiger charge is 2.32. The number of piperidine rings is 1.